The van der Waals surface area contributed by atoms with Crippen LogP contribution in [-0.2, 0) is 4.74 Å². The van der Waals surface area contributed by atoms with Gasteiger partial charge in [0.2, 0.25) is 0 Å². The summed E-state index contributed by atoms with van der Waals surface area (Å²) in [5, 5.41) is 10.3. The molecular weight excluding hydrogens is 420 g/mol. The summed E-state index contributed by atoms with van der Waals surface area (Å²) in [6.45, 7) is 13.3. The summed E-state index contributed by atoms with van der Waals surface area (Å²) in [7, 11) is 0. The fourth-order valence-corrected chi connectivity index (χ4v) is 7.19. The van der Waals surface area contributed by atoms with Crippen LogP contribution in [0.25, 0.3) is 0 Å². The molecule has 6 aliphatic heterocycles. The Bertz CT molecular complexity index is 603. The lowest BCUT2D eigenvalue weighted by Crippen LogP contribution is -3.20. The van der Waals surface area contributed by atoms with Gasteiger partial charge in [0.1, 0.15) is 12.2 Å². The van der Waals surface area contributed by atoms with Gasteiger partial charge in [-0.15, -0.1) is 0 Å². The number of quaternary nitrogens is 2. The van der Waals surface area contributed by atoms with Gasteiger partial charge in [0.15, 0.2) is 5.11 Å². The van der Waals surface area contributed by atoms with Crippen LogP contribution in [-0.4, -0.2) is 105 Å². The van der Waals surface area contributed by atoms with Crippen molar-refractivity contribution in [1.82, 2.24) is 20.4 Å². The van der Waals surface area contributed by atoms with Crippen molar-refractivity contribution < 1.29 is 15.0 Å². The lowest BCUT2D eigenvalue weighted by molar-refractivity contribution is -0.945. The van der Waals surface area contributed by atoms with E-state index in [1.165, 1.54) is 90.9 Å². The number of hydrogen-bond donors (Lipinski definition) is 4. The summed E-state index contributed by atoms with van der Waals surface area (Å²) >= 11 is 5.53. The molecule has 0 radical (unpaired) electrons. The molecule has 6 saturated heterocycles. The molecule has 6 atom stereocenters. The van der Waals surface area contributed by atoms with Crippen LogP contribution in [0.5, 0.6) is 0 Å². The summed E-state index contributed by atoms with van der Waals surface area (Å²) < 4.78 is 5.69. The van der Waals surface area contributed by atoms with Crippen LogP contribution in [0, 0.1) is 11.8 Å². The van der Waals surface area contributed by atoms with Crippen LogP contribution in [0.2, 0.25) is 0 Å². The summed E-state index contributed by atoms with van der Waals surface area (Å²) in [4.78, 5) is 7.36. The average Bonchev–Trinajstić information content (AvgIpc) is 3.37. The Morgan fingerprint density at radius 3 is 2.62 bits per heavy atom. The number of ether oxygens (including phenoxy) is 1. The van der Waals surface area contributed by atoms with E-state index in [0.29, 0.717) is 6.10 Å². The average molecular weight is 467 g/mol. The maximum atomic E-state index is 5.69. The summed E-state index contributed by atoms with van der Waals surface area (Å²) in [6.07, 6.45) is 10.5. The van der Waals surface area contributed by atoms with Gasteiger partial charge in [0, 0.05) is 71.1 Å². The predicted molar refractivity (Wildman–Crippen MR) is 131 cm³/mol. The third-order valence-electron chi connectivity index (χ3n) is 8.98. The third-order valence-corrected chi connectivity index (χ3v) is 9.27. The zero-order chi connectivity index (χ0) is 21.8. The minimum absolute atomic E-state index is 0.346. The molecule has 5 N–H and O–H groups in total. The van der Waals surface area contributed by atoms with Crippen molar-refractivity contribution in [2.75, 3.05) is 72.1 Å². The molecule has 6 aliphatic rings. The van der Waals surface area contributed by atoms with Gasteiger partial charge in [-0.05, 0) is 43.8 Å². The molecule has 0 saturated carbocycles. The molecule has 0 amide bonds. The van der Waals surface area contributed by atoms with Crippen LogP contribution < -0.4 is 20.9 Å². The van der Waals surface area contributed by atoms with Gasteiger partial charge >= 0.3 is 0 Å². The van der Waals surface area contributed by atoms with E-state index in [1.54, 1.807) is 0 Å². The van der Waals surface area contributed by atoms with Crippen LogP contribution in [0.15, 0.2) is 0 Å². The van der Waals surface area contributed by atoms with Gasteiger partial charge in [0.25, 0.3) is 0 Å². The zero-order valence-corrected chi connectivity index (χ0v) is 20.7. The zero-order valence-electron chi connectivity index (χ0n) is 19.9. The third kappa shape index (κ3) is 5.94. The van der Waals surface area contributed by atoms with E-state index in [4.69, 9.17) is 17.0 Å². The first-order valence-electron chi connectivity index (χ1n) is 13.5. The molecule has 6 rings (SSSR count). The summed E-state index contributed by atoms with van der Waals surface area (Å²) in [6, 6.07) is 0.728. The predicted octanol–water partition coefficient (Wildman–Crippen LogP) is -1.39. The molecular formula is C24H46N6OS+2. The van der Waals surface area contributed by atoms with E-state index in [9.17, 15) is 0 Å². The van der Waals surface area contributed by atoms with Crippen LogP contribution >= 0.6 is 12.2 Å². The standard InChI is InChI=1S/C24H44N6OS/c32-24(27-16-22-4-3-13-31-22)26-15-21-14-19-6-8-30(21)18-20(19)17-28-9-11-29(12-10-28)23-5-1-2-7-25-23/h19-23,25H,1-18H2,(H2,26,27,32)/p+2. The minimum atomic E-state index is 0.346. The van der Waals surface area contributed by atoms with Gasteiger partial charge in [-0.3, -0.25) is 4.90 Å². The molecule has 7 nitrogen and oxygen atoms in total. The maximum Gasteiger partial charge on any atom is 0.166 e. The van der Waals surface area contributed by atoms with Crippen molar-refractivity contribution >= 4 is 17.3 Å². The largest absolute Gasteiger partial charge is 0.376 e. The van der Waals surface area contributed by atoms with E-state index in [-0.39, 0.29) is 0 Å². The normalized spacial score (nSPS) is 38.6. The number of fused-ring (bicyclic) bond motifs is 3. The summed E-state index contributed by atoms with van der Waals surface area (Å²) in [5.41, 5.74) is 0. The number of thiocarbonyl (C=S) groups is 1. The molecule has 6 fully saturated rings. The van der Waals surface area contributed by atoms with E-state index in [1.807, 2.05) is 4.90 Å². The van der Waals surface area contributed by atoms with Crippen LogP contribution in [0.4, 0.5) is 0 Å². The van der Waals surface area contributed by atoms with E-state index in [2.05, 4.69) is 25.8 Å². The second kappa shape index (κ2) is 11.3. The highest BCUT2D eigenvalue weighted by Gasteiger charge is 2.44. The summed E-state index contributed by atoms with van der Waals surface area (Å²) in [5.74, 6) is 1.81. The Labute approximate surface area is 200 Å². The maximum absolute atomic E-state index is 5.69. The van der Waals surface area contributed by atoms with E-state index in [0.717, 1.165) is 55.3 Å². The highest BCUT2D eigenvalue weighted by molar-refractivity contribution is 7.80. The Morgan fingerprint density at radius 1 is 1.03 bits per heavy atom. The molecule has 6 unspecified atom stereocenters. The molecule has 0 aromatic heterocycles. The Morgan fingerprint density at radius 2 is 1.91 bits per heavy atom. The monoisotopic (exact) mass is 466 g/mol. The first-order valence-corrected chi connectivity index (χ1v) is 13.9. The highest BCUT2D eigenvalue weighted by atomic mass is 32.1. The number of hydrogen-bond acceptors (Lipinski definition) is 4. The SMILES string of the molecule is S=C(NCC1CCCO1)NCC1CC2CC[NH+]1CC2CN1CCN(C2CCCC[NH2+]2)CC1. The van der Waals surface area contributed by atoms with Gasteiger partial charge in [0.05, 0.1) is 32.3 Å². The van der Waals surface area contributed by atoms with Gasteiger partial charge in [-0.2, -0.15) is 0 Å². The molecule has 0 aliphatic carbocycles. The minimum Gasteiger partial charge on any atom is -0.376 e. The van der Waals surface area contributed by atoms with Gasteiger partial charge in [-0.25, -0.2) is 0 Å². The molecule has 8 heteroatoms. The fourth-order valence-electron chi connectivity index (χ4n) is 7.02. The second-order valence-corrected chi connectivity index (χ2v) is 11.4. The molecule has 6 heterocycles. The van der Waals surface area contributed by atoms with Crippen molar-refractivity contribution in [3.63, 3.8) is 0 Å². The molecule has 2 bridgehead atoms. The van der Waals surface area contributed by atoms with Crippen molar-refractivity contribution in [3.05, 3.63) is 0 Å². The van der Waals surface area contributed by atoms with Crippen LogP contribution in [0.1, 0.15) is 44.9 Å². The van der Waals surface area contributed by atoms with Crippen molar-refractivity contribution in [1.29, 1.82) is 0 Å². The van der Waals surface area contributed by atoms with Crippen molar-refractivity contribution in [2.24, 2.45) is 11.8 Å². The first kappa shape index (κ1) is 23.2. The molecule has 0 aromatic carbocycles. The van der Waals surface area contributed by atoms with Crippen molar-refractivity contribution in [3.8, 4) is 0 Å². The topological polar surface area (TPSA) is 60.8 Å². The fraction of sp³-hybridized carbons (Fsp3) is 0.958. The number of rotatable bonds is 7. The number of nitrogens with two attached hydrogens (primary N) is 1. The quantitative estimate of drug-likeness (QED) is 0.347. The number of nitrogens with one attached hydrogen (secondary N) is 3. The van der Waals surface area contributed by atoms with Crippen molar-refractivity contribution in [2.45, 2.75) is 63.3 Å². The van der Waals surface area contributed by atoms with Gasteiger partial charge in [-0.1, -0.05) is 0 Å². The number of nitrogens with zero attached hydrogens (tertiary/aromatic N) is 2. The molecule has 182 valence electrons. The molecule has 32 heavy (non-hydrogen) atoms. The second-order valence-electron chi connectivity index (χ2n) is 11.0. The number of piperidine rings is 4. The lowest BCUT2D eigenvalue weighted by Gasteiger charge is -2.49. The Kier molecular flexibility index (Phi) is 8.19. The Balaban J connectivity index is 1.00. The van der Waals surface area contributed by atoms with Crippen LogP contribution in [0.3, 0.4) is 0 Å². The highest BCUT2D eigenvalue weighted by Crippen LogP contribution is 2.28. The first-order chi connectivity index (χ1) is 15.7. The molecule has 0 spiro atoms. The van der Waals surface area contributed by atoms with E-state index >= 15 is 0 Å². The Hall–Kier alpha value is -0.510. The lowest BCUT2D eigenvalue weighted by atomic mass is 9.75. The van der Waals surface area contributed by atoms with E-state index < -0.39 is 0 Å². The number of piperazine rings is 1. The van der Waals surface area contributed by atoms with Gasteiger partial charge < -0.3 is 30.5 Å². The molecule has 0 aromatic rings. The smallest absolute Gasteiger partial charge is 0.166 e.